The van der Waals surface area contributed by atoms with Crippen molar-refractivity contribution in [1.82, 2.24) is 0 Å². The van der Waals surface area contributed by atoms with E-state index in [1.54, 1.807) is 6.92 Å². The first kappa shape index (κ1) is 7.94. The van der Waals surface area contributed by atoms with E-state index in [1.165, 1.54) is 12.1 Å². The molecule has 0 radical (unpaired) electrons. The van der Waals surface area contributed by atoms with Crippen LogP contribution >= 0.6 is 0 Å². The SMILES string of the molecule is Cc1cc(O)c(O)cc1[S+]=O. The molecule has 0 aliphatic heterocycles. The molecular weight excluding hydrogens is 164 g/mol. The fourth-order valence-corrected chi connectivity index (χ4v) is 1.10. The molecule has 0 aromatic heterocycles. The number of phenols is 2. The lowest BCUT2D eigenvalue weighted by Crippen LogP contribution is -1.80. The topological polar surface area (TPSA) is 57.5 Å². The molecule has 0 bridgehead atoms. The van der Waals surface area contributed by atoms with Gasteiger partial charge in [-0.1, -0.05) is 0 Å². The summed E-state index contributed by atoms with van der Waals surface area (Å²) in [7, 11) is 0. The average molecular weight is 171 g/mol. The van der Waals surface area contributed by atoms with Gasteiger partial charge in [0.1, 0.15) is 0 Å². The Kier molecular flexibility index (Phi) is 2.05. The van der Waals surface area contributed by atoms with Crippen LogP contribution in [0.3, 0.4) is 0 Å². The Labute approximate surface area is 67.8 Å². The van der Waals surface area contributed by atoms with Crippen molar-refractivity contribution >= 4 is 11.7 Å². The molecule has 0 unspecified atom stereocenters. The summed E-state index contributed by atoms with van der Waals surface area (Å²) in [6.45, 7) is 1.69. The van der Waals surface area contributed by atoms with Crippen LogP contribution in [0.15, 0.2) is 17.0 Å². The molecule has 2 N–H and O–H groups in total. The summed E-state index contributed by atoms with van der Waals surface area (Å²) in [5.41, 5.74) is 0.667. The standard InChI is InChI=1S/C7H6O3S/c1-4-2-5(8)6(9)3-7(4)11-10/h2-3H,1H3,(H-,8,9,10)/p+1. The molecule has 1 aromatic carbocycles. The van der Waals surface area contributed by atoms with Gasteiger partial charge in [0.25, 0.3) is 4.90 Å². The minimum absolute atomic E-state index is 0.194. The van der Waals surface area contributed by atoms with Crippen molar-refractivity contribution in [1.29, 1.82) is 0 Å². The predicted octanol–water partition coefficient (Wildman–Crippen LogP) is 1.19. The van der Waals surface area contributed by atoms with Gasteiger partial charge in [0.15, 0.2) is 11.5 Å². The molecule has 0 amide bonds. The minimum Gasteiger partial charge on any atom is -0.504 e. The van der Waals surface area contributed by atoms with E-state index in [0.29, 0.717) is 22.1 Å². The number of phenolic OH excluding ortho intramolecular Hbond substituents is 2. The van der Waals surface area contributed by atoms with Crippen molar-refractivity contribution in [2.75, 3.05) is 0 Å². The molecule has 11 heavy (non-hydrogen) atoms. The zero-order valence-corrected chi connectivity index (χ0v) is 6.68. The molecule has 0 saturated carbocycles. The third-order valence-electron chi connectivity index (χ3n) is 1.36. The summed E-state index contributed by atoms with van der Waals surface area (Å²) in [5.74, 6) is -0.450. The van der Waals surface area contributed by atoms with Crippen LogP contribution < -0.4 is 0 Å². The lowest BCUT2D eigenvalue weighted by Gasteiger charge is -1.95. The Morgan fingerprint density at radius 1 is 1.27 bits per heavy atom. The fraction of sp³-hybridized carbons (Fsp3) is 0.143. The smallest absolute Gasteiger partial charge is 0.504 e. The van der Waals surface area contributed by atoms with Gasteiger partial charge < -0.3 is 10.2 Å². The van der Waals surface area contributed by atoms with E-state index in [1.807, 2.05) is 0 Å². The van der Waals surface area contributed by atoms with E-state index in [0.717, 1.165) is 0 Å². The molecule has 1 aromatic rings. The highest BCUT2D eigenvalue weighted by atomic mass is 32.1. The van der Waals surface area contributed by atoms with Crippen LogP contribution in [-0.2, 0) is 15.9 Å². The summed E-state index contributed by atoms with van der Waals surface area (Å²) in [5, 5.41) is 17.9. The van der Waals surface area contributed by atoms with Gasteiger partial charge in [-0.15, -0.1) is 0 Å². The maximum absolute atomic E-state index is 10.3. The molecule has 0 spiro atoms. The molecule has 0 aliphatic carbocycles. The highest BCUT2D eigenvalue weighted by Crippen LogP contribution is 2.27. The van der Waals surface area contributed by atoms with E-state index in [2.05, 4.69) is 0 Å². The summed E-state index contributed by atoms with van der Waals surface area (Å²) in [4.78, 5) is 0.431. The molecule has 58 valence electrons. The van der Waals surface area contributed by atoms with E-state index in [4.69, 9.17) is 10.2 Å². The number of benzene rings is 1. The van der Waals surface area contributed by atoms with Crippen LogP contribution in [0.2, 0.25) is 0 Å². The monoisotopic (exact) mass is 171 g/mol. The normalized spacial score (nSPS) is 9.55. The predicted molar refractivity (Wildman–Crippen MR) is 40.8 cm³/mol. The minimum atomic E-state index is -0.256. The van der Waals surface area contributed by atoms with Crippen LogP contribution in [-0.4, -0.2) is 10.2 Å². The molecule has 3 nitrogen and oxygen atoms in total. The highest BCUT2D eigenvalue weighted by Gasteiger charge is 2.14. The first-order valence-electron chi connectivity index (χ1n) is 2.97. The number of rotatable bonds is 1. The second kappa shape index (κ2) is 2.84. The summed E-state index contributed by atoms with van der Waals surface area (Å²) < 4.78 is 10.3. The number of aromatic hydroxyl groups is 2. The molecule has 0 saturated heterocycles. The first-order chi connectivity index (χ1) is 5.15. The van der Waals surface area contributed by atoms with E-state index in [-0.39, 0.29) is 11.5 Å². The Bertz CT molecular complexity index is 296. The average Bonchev–Trinajstić information content (AvgIpc) is 1.97. The van der Waals surface area contributed by atoms with Crippen LogP contribution in [0.25, 0.3) is 0 Å². The van der Waals surface area contributed by atoms with Gasteiger partial charge in [-0.25, -0.2) is 0 Å². The maximum Gasteiger partial charge on any atom is 0.505 e. The third kappa shape index (κ3) is 1.46. The number of hydrogen-bond acceptors (Lipinski definition) is 3. The summed E-state index contributed by atoms with van der Waals surface area (Å²) in [6, 6.07) is 2.61. The van der Waals surface area contributed by atoms with Gasteiger partial charge in [-0.2, -0.15) is 0 Å². The van der Waals surface area contributed by atoms with Crippen molar-refractivity contribution in [3.05, 3.63) is 17.7 Å². The van der Waals surface area contributed by atoms with Crippen molar-refractivity contribution in [3.8, 4) is 11.5 Å². The van der Waals surface area contributed by atoms with Gasteiger partial charge in [0, 0.05) is 9.77 Å². The highest BCUT2D eigenvalue weighted by molar-refractivity contribution is 7.65. The van der Waals surface area contributed by atoms with Crippen molar-refractivity contribution in [3.63, 3.8) is 0 Å². The Balaban J connectivity index is 3.31. The first-order valence-corrected chi connectivity index (χ1v) is 3.71. The molecule has 0 fully saturated rings. The second-order valence-electron chi connectivity index (χ2n) is 2.19. The fourth-order valence-electron chi connectivity index (χ4n) is 0.752. The third-order valence-corrected chi connectivity index (χ3v) is 1.98. The molecule has 0 atom stereocenters. The van der Waals surface area contributed by atoms with Crippen LogP contribution in [0.4, 0.5) is 0 Å². The molecule has 1 rings (SSSR count). The van der Waals surface area contributed by atoms with Gasteiger partial charge in [-0.3, -0.25) is 0 Å². The Morgan fingerprint density at radius 3 is 2.36 bits per heavy atom. The molecule has 0 aliphatic rings. The van der Waals surface area contributed by atoms with Gasteiger partial charge >= 0.3 is 11.7 Å². The lowest BCUT2D eigenvalue weighted by atomic mass is 10.2. The molecule has 0 heterocycles. The number of aryl methyl sites for hydroxylation is 1. The Morgan fingerprint density at radius 2 is 1.82 bits per heavy atom. The van der Waals surface area contributed by atoms with E-state index in [9.17, 15) is 4.21 Å². The van der Waals surface area contributed by atoms with Crippen LogP contribution in [0.1, 0.15) is 5.56 Å². The zero-order valence-electron chi connectivity index (χ0n) is 5.87. The summed E-state index contributed by atoms with van der Waals surface area (Å²) >= 11 is 0.297. The van der Waals surface area contributed by atoms with Gasteiger partial charge in [0.2, 0.25) is 0 Å². The van der Waals surface area contributed by atoms with E-state index < -0.39 is 0 Å². The van der Waals surface area contributed by atoms with E-state index >= 15 is 0 Å². The Hall–Kier alpha value is -1.16. The summed E-state index contributed by atoms with van der Waals surface area (Å²) in [6.07, 6.45) is 0. The van der Waals surface area contributed by atoms with Gasteiger partial charge in [0.05, 0.1) is 6.07 Å². The lowest BCUT2D eigenvalue weighted by molar-refractivity contribution is 0.402. The quantitative estimate of drug-likeness (QED) is 0.493. The molecular formula is C7H7O3S+. The van der Waals surface area contributed by atoms with Crippen molar-refractivity contribution in [2.45, 2.75) is 11.8 Å². The molecule has 4 heteroatoms. The zero-order chi connectivity index (χ0) is 8.43. The second-order valence-corrected chi connectivity index (χ2v) is 2.80. The van der Waals surface area contributed by atoms with Gasteiger partial charge in [-0.05, 0) is 13.0 Å². The van der Waals surface area contributed by atoms with Crippen LogP contribution in [0, 0.1) is 6.92 Å². The number of hydrogen-bond donors (Lipinski definition) is 2. The largest absolute Gasteiger partial charge is 0.505 e. The van der Waals surface area contributed by atoms with Crippen molar-refractivity contribution in [2.24, 2.45) is 0 Å². The van der Waals surface area contributed by atoms with Crippen molar-refractivity contribution < 1.29 is 14.4 Å². The van der Waals surface area contributed by atoms with Crippen LogP contribution in [0.5, 0.6) is 11.5 Å². The maximum atomic E-state index is 10.3.